The van der Waals surface area contributed by atoms with E-state index in [-0.39, 0.29) is 38.4 Å². The van der Waals surface area contributed by atoms with Gasteiger partial charge in [-0.3, -0.25) is 14.4 Å². The molecule has 0 spiro atoms. The lowest BCUT2D eigenvalue weighted by Crippen LogP contribution is -2.50. The number of allylic oxidation sites excluding steroid dienone is 3. The van der Waals surface area contributed by atoms with Crippen LogP contribution in [0, 0.1) is 10.4 Å². The Morgan fingerprint density at radius 3 is 2.26 bits per heavy atom. The van der Waals surface area contributed by atoms with E-state index in [1.54, 1.807) is 59.5 Å². The van der Waals surface area contributed by atoms with Crippen LogP contribution in [0.4, 0.5) is 5.69 Å². The minimum absolute atomic E-state index is 0.0365. The van der Waals surface area contributed by atoms with Crippen molar-refractivity contribution >= 4 is 56.4 Å². The van der Waals surface area contributed by atoms with Crippen LogP contribution in [0.3, 0.4) is 0 Å². The van der Waals surface area contributed by atoms with Crippen molar-refractivity contribution in [2.75, 3.05) is 11.4 Å². The van der Waals surface area contributed by atoms with Crippen molar-refractivity contribution in [3.63, 3.8) is 0 Å². The van der Waals surface area contributed by atoms with Gasteiger partial charge in [0, 0.05) is 30.0 Å². The van der Waals surface area contributed by atoms with Crippen LogP contribution in [-0.2, 0) is 11.3 Å². The van der Waals surface area contributed by atoms with Gasteiger partial charge in [-0.15, -0.1) is 0 Å². The van der Waals surface area contributed by atoms with Crippen molar-refractivity contribution in [3.8, 4) is 0 Å². The number of hydrogen-bond donors (Lipinski definition) is 1. The summed E-state index contributed by atoms with van der Waals surface area (Å²) >= 11 is 3.18. The van der Waals surface area contributed by atoms with E-state index in [1.165, 1.54) is 0 Å². The Morgan fingerprint density at radius 2 is 1.52 bits per heavy atom. The van der Waals surface area contributed by atoms with Gasteiger partial charge in [0.05, 0.1) is 32.3 Å². The minimum atomic E-state index is -0.274. The number of aliphatic hydroxyl groups excluding tert-OH is 1. The van der Waals surface area contributed by atoms with E-state index in [2.05, 4.69) is 47.6 Å². The van der Waals surface area contributed by atoms with E-state index in [0.717, 1.165) is 69.6 Å². The van der Waals surface area contributed by atoms with Gasteiger partial charge in [0.2, 0.25) is 22.2 Å². The zero-order valence-corrected chi connectivity index (χ0v) is 27.3. The molecule has 5 aromatic rings. The number of carbonyl (C=O) groups is 1. The third kappa shape index (κ3) is 5.06. The van der Waals surface area contributed by atoms with Crippen LogP contribution in [0.15, 0.2) is 110 Å². The topological polar surface area (TPSA) is 78.6 Å². The summed E-state index contributed by atoms with van der Waals surface area (Å²) in [5, 5.41) is 14.2. The van der Waals surface area contributed by atoms with Gasteiger partial charge in [-0.05, 0) is 41.1 Å². The summed E-state index contributed by atoms with van der Waals surface area (Å²) < 4.78 is 3.30. The van der Waals surface area contributed by atoms with Crippen LogP contribution >= 0.6 is 23.1 Å². The highest BCUT2D eigenvalue weighted by Crippen LogP contribution is 2.47. The summed E-state index contributed by atoms with van der Waals surface area (Å²) in [4.78, 5) is 43.1. The van der Waals surface area contributed by atoms with E-state index in [9.17, 15) is 19.5 Å². The number of thiazole rings is 1. The molecule has 4 aromatic carbocycles. The smallest absolute Gasteiger partial charge is 0.263 e. The number of aryl methyl sites for hydroxylation is 1. The number of carbonyl (C=O) groups excluding carboxylic acids is 1. The maximum absolute atomic E-state index is 13.3. The van der Waals surface area contributed by atoms with E-state index >= 15 is 0 Å². The molecule has 7 rings (SSSR count). The van der Waals surface area contributed by atoms with Crippen LogP contribution in [0.2, 0.25) is 0 Å². The summed E-state index contributed by atoms with van der Waals surface area (Å²) in [6.07, 6.45) is 7.63. The fourth-order valence-corrected chi connectivity index (χ4v) is 8.36. The van der Waals surface area contributed by atoms with Gasteiger partial charge in [0.25, 0.3) is 5.01 Å². The Hall–Kier alpha value is -4.53. The molecule has 1 aliphatic carbocycles. The van der Waals surface area contributed by atoms with Crippen LogP contribution in [0.5, 0.6) is 0 Å². The average Bonchev–Trinajstić information content (AvgIpc) is 3.62. The molecule has 230 valence electrons. The average molecular weight is 646 g/mol. The van der Waals surface area contributed by atoms with Crippen molar-refractivity contribution in [1.82, 2.24) is 0 Å². The van der Waals surface area contributed by atoms with E-state index in [0.29, 0.717) is 16.0 Å². The maximum atomic E-state index is 13.3. The number of ketones is 1. The summed E-state index contributed by atoms with van der Waals surface area (Å²) in [5.41, 5.74) is 2.22. The number of fused-ring (bicyclic) bond motifs is 2. The molecule has 6 nitrogen and oxygen atoms in total. The van der Waals surface area contributed by atoms with Crippen LogP contribution in [0.1, 0.15) is 44.5 Å². The van der Waals surface area contributed by atoms with Crippen molar-refractivity contribution in [2.24, 2.45) is 0 Å². The normalized spacial score (nSPS) is 15.3. The summed E-state index contributed by atoms with van der Waals surface area (Å²) in [7, 11) is 0. The summed E-state index contributed by atoms with van der Waals surface area (Å²) in [5.74, 6) is -0.260. The summed E-state index contributed by atoms with van der Waals surface area (Å²) in [6, 6.07) is 23.0. The molecule has 2 heterocycles. The molecule has 1 aliphatic heterocycles. The molecule has 0 bridgehead atoms. The SMILES string of the molecule is CCCCN1C(=CC2=C(O)C(=c3ccc(=c4c(=O)c(=Cc5sc6ccccc6[n+]5CCCC)c4=O)cc3)C2=O)Sc2ccccc21. The first-order chi connectivity index (χ1) is 22.4. The van der Waals surface area contributed by atoms with Crippen molar-refractivity contribution in [2.45, 2.75) is 51.0 Å². The minimum Gasteiger partial charge on any atom is -0.506 e. The molecular formula is C38H33N2O4S2+. The number of nitrogens with zero attached hydrogens (tertiary/aromatic N) is 2. The van der Waals surface area contributed by atoms with Crippen molar-refractivity contribution in [1.29, 1.82) is 0 Å². The molecule has 0 radical (unpaired) electrons. The molecule has 0 saturated carbocycles. The number of benzene rings is 3. The number of hydrogen-bond acceptors (Lipinski definition) is 7. The highest BCUT2D eigenvalue weighted by Gasteiger charge is 2.35. The predicted molar refractivity (Wildman–Crippen MR) is 186 cm³/mol. The van der Waals surface area contributed by atoms with Gasteiger partial charge >= 0.3 is 0 Å². The Morgan fingerprint density at radius 1 is 0.826 bits per heavy atom. The van der Waals surface area contributed by atoms with E-state index in [4.69, 9.17) is 0 Å². The number of rotatable bonds is 8. The second kappa shape index (κ2) is 12.3. The van der Waals surface area contributed by atoms with Gasteiger partial charge in [-0.2, -0.15) is 4.57 Å². The van der Waals surface area contributed by atoms with Crippen LogP contribution < -0.4 is 30.8 Å². The van der Waals surface area contributed by atoms with E-state index < -0.39 is 0 Å². The third-order valence-electron chi connectivity index (χ3n) is 8.65. The molecule has 0 atom stereocenters. The quantitative estimate of drug-likeness (QED) is 0.225. The number of aliphatic hydroxyl groups is 1. The lowest BCUT2D eigenvalue weighted by atomic mass is 9.86. The number of anilines is 1. The molecule has 0 unspecified atom stereocenters. The molecule has 2 aliphatic rings. The first-order valence-corrected chi connectivity index (χ1v) is 17.4. The Bertz CT molecular complexity index is 2360. The lowest BCUT2D eigenvalue weighted by molar-refractivity contribution is -0.669. The monoisotopic (exact) mass is 645 g/mol. The number of para-hydroxylation sites is 2. The van der Waals surface area contributed by atoms with Gasteiger partial charge in [0.1, 0.15) is 10.5 Å². The number of unbranched alkanes of at least 4 members (excludes halogenated alkanes) is 2. The standard InChI is InChI=1S/C38H32N2O4S2/c1-3-5-19-39-27-11-7-9-13-29(27)45-31(39)21-25-35(41)33(36(25)42)23-15-17-24(18-16-23)34-37(43)26(38(34)44)22-32-40(20-6-4-2)28-12-8-10-14-30(28)46-32/h7-18,21-22H,3-6,19-20H2,1-2H3/p+1. The zero-order chi connectivity index (χ0) is 31.9. The predicted octanol–water partition coefficient (Wildman–Crippen LogP) is 5.50. The molecule has 46 heavy (non-hydrogen) atoms. The second-order valence-electron chi connectivity index (χ2n) is 11.6. The Balaban J connectivity index is 1.23. The Kier molecular flexibility index (Phi) is 8.09. The fraction of sp³-hybridized carbons (Fsp3) is 0.211. The molecule has 8 heteroatoms. The highest BCUT2D eigenvalue weighted by molar-refractivity contribution is 8.03. The first-order valence-electron chi connectivity index (χ1n) is 15.7. The largest absolute Gasteiger partial charge is 0.506 e. The Labute approximate surface area is 274 Å². The molecular weight excluding hydrogens is 613 g/mol. The van der Waals surface area contributed by atoms with Gasteiger partial charge in [-0.1, -0.05) is 98.3 Å². The first kappa shape index (κ1) is 30.1. The molecule has 0 fully saturated rings. The van der Waals surface area contributed by atoms with Crippen molar-refractivity contribution in [3.05, 3.63) is 142 Å². The van der Waals surface area contributed by atoms with Gasteiger partial charge in [-0.25, -0.2) is 0 Å². The second-order valence-corrected chi connectivity index (χ2v) is 13.7. The zero-order valence-electron chi connectivity index (χ0n) is 25.7. The van der Waals surface area contributed by atoms with Crippen LogP contribution in [0.25, 0.3) is 21.9 Å². The number of Topliss-reactive ketones (excluding diaryl/α,β-unsaturated/α-hetero) is 1. The molecule has 0 saturated heterocycles. The van der Waals surface area contributed by atoms with Gasteiger partial charge < -0.3 is 10.0 Å². The molecule has 1 N–H and O–H groups in total. The van der Waals surface area contributed by atoms with Crippen LogP contribution in [-0.4, -0.2) is 17.4 Å². The summed E-state index contributed by atoms with van der Waals surface area (Å²) in [6.45, 7) is 5.95. The number of aromatic nitrogens is 1. The van der Waals surface area contributed by atoms with Crippen molar-refractivity contribution < 1.29 is 14.5 Å². The molecule has 1 aromatic heterocycles. The third-order valence-corrected chi connectivity index (χ3v) is 10.9. The van der Waals surface area contributed by atoms with Gasteiger partial charge in [0.15, 0.2) is 6.54 Å². The molecule has 0 amide bonds. The fourth-order valence-electron chi connectivity index (χ4n) is 6.09. The lowest BCUT2D eigenvalue weighted by Gasteiger charge is -2.23. The van der Waals surface area contributed by atoms with E-state index in [1.807, 2.05) is 24.3 Å². The highest BCUT2D eigenvalue weighted by atomic mass is 32.2. The number of thioether (sulfide) groups is 1. The maximum Gasteiger partial charge on any atom is 0.263 e.